The average Bonchev–Trinajstić information content (AvgIpc) is 3.06. The molecule has 3 aromatic rings. The Kier molecular flexibility index (Phi) is 6.03. The highest BCUT2D eigenvalue weighted by Crippen LogP contribution is 2.24. The van der Waals surface area contributed by atoms with Gasteiger partial charge in [0.1, 0.15) is 11.3 Å². The van der Waals surface area contributed by atoms with Crippen LogP contribution in [0.3, 0.4) is 0 Å². The predicted octanol–water partition coefficient (Wildman–Crippen LogP) is 4.45. The summed E-state index contributed by atoms with van der Waals surface area (Å²) < 4.78 is 10.7. The molecule has 2 aromatic carbocycles. The largest absolute Gasteiger partial charge is 0.452 e. The van der Waals surface area contributed by atoms with Gasteiger partial charge >= 0.3 is 5.97 Å². The second kappa shape index (κ2) is 8.45. The summed E-state index contributed by atoms with van der Waals surface area (Å²) in [6, 6.07) is 12.5. The van der Waals surface area contributed by atoms with Crippen molar-refractivity contribution in [2.45, 2.75) is 25.2 Å². The number of ether oxygens (including phenoxy) is 1. The lowest BCUT2D eigenvalue weighted by molar-refractivity contribution is -0.150. The van der Waals surface area contributed by atoms with E-state index in [4.69, 9.17) is 20.8 Å². The lowest BCUT2D eigenvalue weighted by Crippen LogP contribution is -2.30. The molecule has 0 radical (unpaired) electrons. The number of aromatic nitrogens is 1. The van der Waals surface area contributed by atoms with E-state index in [-0.39, 0.29) is 5.75 Å². The van der Waals surface area contributed by atoms with E-state index in [9.17, 15) is 9.59 Å². The third kappa shape index (κ3) is 4.81. The molecule has 3 rings (SSSR count). The number of carbonyl (C=O) groups excluding carboxylic acids is 2. The minimum absolute atomic E-state index is 0.0133. The molecule has 0 saturated heterocycles. The van der Waals surface area contributed by atoms with Crippen LogP contribution in [0.15, 0.2) is 52.1 Å². The van der Waals surface area contributed by atoms with Crippen molar-refractivity contribution in [3.63, 3.8) is 0 Å². The number of halogens is 1. The Morgan fingerprint density at radius 3 is 2.81 bits per heavy atom. The van der Waals surface area contributed by atoms with Crippen LogP contribution in [0, 0.1) is 6.92 Å². The topological polar surface area (TPSA) is 81.4 Å². The van der Waals surface area contributed by atoms with Crippen LogP contribution in [-0.4, -0.2) is 28.7 Å². The lowest BCUT2D eigenvalue weighted by atomic mass is 10.2. The van der Waals surface area contributed by atoms with Gasteiger partial charge < -0.3 is 14.5 Å². The van der Waals surface area contributed by atoms with Crippen LogP contribution in [0.4, 0.5) is 5.69 Å². The van der Waals surface area contributed by atoms with Crippen molar-refractivity contribution >= 4 is 52.0 Å². The number of para-hydroxylation sites is 2. The van der Waals surface area contributed by atoms with Crippen molar-refractivity contribution in [1.29, 1.82) is 0 Å². The first kappa shape index (κ1) is 19.3. The zero-order chi connectivity index (χ0) is 19.4. The van der Waals surface area contributed by atoms with E-state index in [2.05, 4.69) is 10.3 Å². The van der Waals surface area contributed by atoms with Gasteiger partial charge in [0.25, 0.3) is 11.1 Å². The van der Waals surface area contributed by atoms with Gasteiger partial charge in [-0.3, -0.25) is 9.59 Å². The molecule has 0 fully saturated rings. The monoisotopic (exact) mass is 404 g/mol. The minimum atomic E-state index is -0.944. The van der Waals surface area contributed by atoms with Gasteiger partial charge in [0.15, 0.2) is 11.7 Å². The Morgan fingerprint density at radius 2 is 2.04 bits per heavy atom. The zero-order valence-corrected chi connectivity index (χ0v) is 16.3. The molecule has 0 aliphatic heterocycles. The van der Waals surface area contributed by atoms with Gasteiger partial charge in [0.05, 0.1) is 0 Å². The summed E-state index contributed by atoms with van der Waals surface area (Å²) in [5.74, 6) is -0.978. The highest BCUT2D eigenvalue weighted by atomic mass is 35.5. The molecule has 0 bridgehead atoms. The van der Waals surface area contributed by atoms with Crippen molar-refractivity contribution < 1.29 is 18.7 Å². The molecule has 1 atom stereocenters. The van der Waals surface area contributed by atoms with Crippen molar-refractivity contribution in [3.05, 3.63) is 53.1 Å². The normalized spacial score (nSPS) is 12.0. The van der Waals surface area contributed by atoms with Gasteiger partial charge in [0, 0.05) is 10.7 Å². The van der Waals surface area contributed by atoms with E-state index in [1.165, 1.54) is 6.92 Å². The van der Waals surface area contributed by atoms with Crippen molar-refractivity contribution in [1.82, 2.24) is 4.98 Å². The number of benzene rings is 2. The highest BCUT2D eigenvalue weighted by molar-refractivity contribution is 7.99. The van der Waals surface area contributed by atoms with Crippen molar-refractivity contribution in [2.24, 2.45) is 0 Å². The smallest absolute Gasteiger partial charge is 0.317 e. The molecule has 0 aliphatic carbocycles. The predicted molar refractivity (Wildman–Crippen MR) is 105 cm³/mol. The number of nitrogens with zero attached hydrogens (tertiary/aromatic N) is 1. The van der Waals surface area contributed by atoms with E-state index in [0.29, 0.717) is 21.5 Å². The van der Waals surface area contributed by atoms with E-state index in [1.54, 1.807) is 31.2 Å². The standard InChI is InChI=1S/C19H17ClN2O4S/c1-11-13(20)6-5-8-14(11)21-18(24)12(2)25-17(23)10-27-19-22-15-7-3-4-9-16(15)26-19/h3-9,12H,10H2,1-2H3,(H,21,24)/t12-/m0/s1. The van der Waals surface area contributed by atoms with Gasteiger partial charge in [-0.05, 0) is 43.7 Å². The third-order valence-electron chi connectivity index (χ3n) is 3.79. The quantitative estimate of drug-likeness (QED) is 0.482. The van der Waals surface area contributed by atoms with Crippen LogP contribution in [0.5, 0.6) is 0 Å². The molecule has 1 heterocycles. The van der Waals surface area contributed by atoms with Crippen LogP contribution in [0.25, 0.3) is 11.1 Å². The number of hydrogen-bond donors (Lipinski definition) is 1. The number of hydrogen-bond acceptors (Lipinski definition) is 6. The number of amides is 1. The summed E-state index contributed by atoms with van der Waals surface area (Å²) in [5, 5.41) is 3.63. The molecule has 0 saturated carbocycles. The first-order valence-corrected chi connectivity index (χ1v) is 9.54. The fourth-order valence-electron chi connectivity index (χ4n) is 2.30. The zero-order valence-electron chi connectivity index (χ0n) is 14.7. The molecule has 0 spiro atoms. The Balaban J connectivity index is 1.52. The maximum absolute atomic E-state index is 12.2. The van der Waals surface area contributed by atoms with Gasteiger partial charge in [0.2, 0.25) is 0 Å². The van der Waals surface area contributed by atoms with E-state index in [1.807, 2.05) is 18.2 Å². The number of esters is 1. The molecular formula is C19H17ClN2O4S. The van der Waals surface area contributed by atoms with Crippen LogP contribution in [0.1, 0.15) is 12.5 Å². The van der Waals surface area contributed by atoms with Gasteiger partial charge in [-0.2, -0.15) is 0 Å². The third-order valence-corrected chi connectivity index (χ3v) is 5.00. The summed E-state index contributed by atoms with van der Waals surface area (Å²) in [7, 11) is 0. The number of anilines is 1. The van der Waals surface area contributed by atoms with Crippen LogP contribution in [-0.2, 0) is 14.3 Å². The number of carbonyl (C=O) groups is 2. The number of thioether (sulfide) groups is 1. The molecule has 0 aliphatic rings. The number of oxazole rings is 1. The first-order chi connectivity index (χ1) is 12.9. The van der Waals surface area contributed by atoms with Gasteiger partial charge in [-0.25, -0.2) is 4.98 Å². The second-order valence-corrected chi connectivity index (χ2v) is 7.10. The Labute approximate surface area is 165 Å². The highest BCUT2D eigenvalue weighted by Gasteiger charge is 2.19. The molecule has 27 heavy (non-hydrogen) atoms. The number of fused-ring (bicyclic) bond motifs is 1. The fraction of sp³-hybridized carbons (Fsp3) is 0.211. The lowest BCUT2D eigenvalue weighted by Gasteiger charge is -2.14. The molecule has 1 amide bonds. The first-order valence-electron chi connectivity index (χ1n) is 8.18. The minimum Gasteiger partial charge on any atom is -0.452 e. The average molecular weight is 405 g/mol. The summed E-state index contributed by atoms with van der Waals surface area (Å²) >= 11 is 7.15. The Morgan fingerprint density at radius 1 is 1.26 bits per heavy atom. The molecular weight excluding hydrogens is 388 g/mol. The summed E-state index contributed by atoms with van der Waals surface area (Å²) in [6.07, 6.45) is -0.944. The van der Waals surface area contributed by atoms with E-state index >= 15 is 0 Å². The van der Waals surface area contributed by atoms with E-state index in [0.717, 1.165) is 22.8 Å². The number of rotatable bonds is 6. The number of nitrogens with one attached hydrogen (secondary N) is 1. The van der Waals surface area contributed by atoms with E-state index < -0.39 is 18.0 Å². The van der Waals surface area contributed by atoms with Crippen LogP contribution >= 0.6 is 23.4 Å². The Bertz CT molecular complexity index is 956. The molecule has 1 N–H and O–H groups in total. The fourth-order valence-corrected chi connectivity index (χ4v) is 3.09. The van der Waals surface area contributed by atoms with Crippen molar-refractivity contribution in [2.75, 3.05) is 11.1 Å². The Hall–Kier alpha value is -2.51. The molecule has 8 heteroatoms. The maximum Gasteiger partial charge on any atom is 0.317 e. The summed E-state index contributed by atoms with van der Waals surface area (Å²) in [6.45, 7) is 3.31. The summed E-state index contributed by atoms with van der Waals surface area (Å²) in [5.41, 5.74) is 2.70. The molecule has 1 aromatic heterocycles. The van der Waals surface area contributed by atoms with Crippen LogP contribution < -0.4 is 5.32 Å². The molecule has 6 nitrogen and oxygen atoms in total. The molecule has 0 unspecified atom stereocenters. The van der Waals surface area contributed by atoms with Gasteiger partial charge in [-0.1, -0.05) is 41.6 Å². The van der Waals surface area contributed by atoms with Gasteiger partial charge in [-0.15, -0.1) is 0 Å². The maximum atomic E-state index is 12.2. The van der Waals surface area contributed by atoms with Crippen molar-refractivity contribution in [3.8, 4) is 0 Å². The summed E-state index contributed by atoms with van der Waals surface area (Å²) in [4.78, 5) is 28.5. The van der Waals surface area contributed by atoms with Crippen LogP contribution in [0.2, 0.25) is 5.02 Å². The SMILES string of the molecule is Cc1c(Cl)cccc1NC(=O)[C@H](C)OC(=O)CSc1nc2ccccc2o1. The second-order valence-electron chi connectivity index (χ2n) is 5.77. The molecule has 140 valence electrons.